The number of anilines is 1. The van der Waals surface area contributed by atoms with Crippen molar-refractivity contribution in [2.24, 2.45) is 0 Å². The Kier molecular flexibility index (Phi) is 4.51. The molecule has 0 amide bonds. The maximum atomic E-state index is 11.5. The Morgan fingerprint density at radius 1 is 1.63 bits per heavy atom. The van der Waals surface area contributed by atoms with Gasteiger partial charge in [0.05, 0.1) is 13.2 Å². The van der Waals surface area contributed by atoms with Gasteiger partial charge in [-0.25, -0.2) is 9.78 Å². The lowest BCUT2D eigenvalue weighted by molar-refractivity contribution is 0.0520. The Morgan fingerprint density at radius 2 is 2.47 bits per heavy atom. The van der Waals surface area contributed by atoms with Gasteiger partial charge in [-0.1, -0.05) is 0 Å². The van der Waals surface area contributed by atoms with Crippen molar-refractivity contribution < 1.29 is 9.53 Å². The molecule has 2 aromatic rings. The predicted molar refractivity (Wildman–Crippen MR) is 73.4 cm³/mol. The fraction of sp³-hybridized carbons (Fsp3) is 0.417. The topological polar surface area (TPSA) is 69.0 Å². The number of aromatic nitrogens is 3. The number of nitrogens with one attached hydrogen (secondary N) is 1. The third kappa shape index (κ3) is 3.78. The highest BCUT2D eigenvalue weighted by atomic mass is 32.1. The van der Waals surface area contributed by atoms with Crippen molar-refractivity contribution >= 4 is 22.4 Å². The molecule has 0 spiro atoms. The molecule has 0 aromatic carbocycles. The minimum absolute atomic E-state index is 0.168. The van der Waals surface area contributed by atoms with Crippen LogP contribution in [0.4, 0.5) is 5.13 Å². The summed E-state index contributed by atoms with van der Waals surface area (Å²) in [5.41, 5.74) is 0.348. The van der Waals surface area contributed by atoms with Gasteiger partial charge in [0.25, 0.3) is 0 Å². The van der Waals surface area contributed by atoms with E-state index in [1.807, 2.05) is 23.9 Å². The molecule has 0 aliphatic rings. The Labute approximate surface area is 115 Å². The molecule has 1 atom stereocenters. The van der Waals surface area contributed by atoms with E-state index < -0.39 is 0 Å². The Balaban J connectivity index is 1.90. The van der Waals surface area contributed by atoms with Crippen molar-refractivity contribution in [3.8, 4) is 0 Å². The van der Waals surface area contributed by atoms with Gasteiger partial charge < -0.3 is 10.1 Å². The third-order valence-corrected chi connectivity index (χ3v) is 3.15. The minimum Gasteiger partial charge on any atom is -0.461 e. The molecule has 2 heterocycles. The molecule has 0 saturated heterocycles. The van der Waals surface area contributed by atoms with Crippen LogP contribution in [0, 0.1) is 0 Å². The fourth-order valence-corrected chi connectivity index (χ4v) is 2.38. The molecule has 1 N–H and O–H groups in total. The van der Waals surface area contributed by atoms with Gasteiger partial charge in [0.15, 0.2) is 10.8 Å². The summed E-state index contributed by atoms with van der Waals surface area (Å²) in [5, 5.41) is 9.78. The summed E-state index contributed by atoms with van der Waals surface area (Å²) in [7, 11) is 0. The van der Waals surface area contributed by atoms with Gasteiger partial charge >= 0.3 is 5.97 Å². The summed E-state index contributed by atoms with van der Waals surface area (Å²) in [6, 6.07) is 2.05. The Bertz CT molecular complexity index is 524. The van der Waals surface area contributed by atoms with E-state index in [-0.39, 0.29) is 12.0 Å². The third-order valence-electron chi connectivity index (χ3n) is 2.38. The number of nitrogens with zero attached hydrogens (tertiary/aromatic N) is 3. The van der Waals surface area contributed by atoms with Gasteiger partial charge in [0.1, 0.15) is 0 Å². The van der Waals surface area contributed by atoms with Crippen LogP contribution in [0.2, 0.25) is 0 Å². The van der Waals surface area contributed by atoms with Crippen LogP contribution >= 0.6 is 11.3 Å². The van der Waals surface area contributed by atoms with Crippen molar-refractivity contribution in [3.63, 3.8) is 0 Å². The quantitative estimate of drug-likeness (QED) is 0.820. The maximum Gasteiger partial charge on any atom is 0.357 e. The molecule has 102 valence electrons. The van der Waals surface area contributed by atoms with Crippen molar-refractivity contribution in [1.29, 1.82) is 0 Å². The lowest BCUT2D eigenvalue weighted by atomic mass is 10.3. The number of hydrogen-bond acceptors (Lipinski definition) is 6. The largest absolute Gasteiger partial charge is 0.461 e. The van der Waals surface area contributed by atoms with Crippen LogP contribution in [0.5, 0.6) is 0 Å². The van der Waals surface area contributed by atoms with Crippen molar-refractivity contribution in [2.75, 3.05) is 11.9 Å². The zero-order valence-corrected chi connectivity index (χ0v) is 11.7. The normalized spacial score (nSPS) is 12.1. The highest BCUT2D eigenvalue weighted by Crippen LogP contribution is 2.17. The zero-order chi connectivity index (χ0) is 13.7. The smallest absolute Gasteiger partial charge is 0.357 e. The second-order valence-electron chi connectivity index (χ2n) is 4.03. The average Bonchev–Trinajstić information content (AvgIpc) is 3.00. The maximum absolute atomic E-state index is 11.5. The van der Waals surface area contributed by atoms with Gasteiger partial charge in [-0.3, -0.25) is 4.68 Å². The monoisotopic (exact) mass is 280 g/mol. The molecule has 7 heteroatoms. The molecule has 0 radical (unpaired) electrons. The summed E-state index contributed by atoms with van der Waals surface area (Å²) >= 11 is 1.39. The van der Waals surface area contributed by atoms with Gasteiger partial charge in [0, 0.05) is 23.8 Å². The van der Waals surface area contributed by atoms with Crippen molar-refractivity contribution in [2.45, 2.75) is 26.4 Å². The molecule has 0 saturated carbocycles. The van der Waals surface area contributed by atoms with Crippen LogP contribution in [-0.2, 0) is 11.3 Å². The molecule has 19 heavy (non-hydrogen) atoms. The lowest BCUT2D eigenvalue weighted by Gasteiger charge is -2.12. The van der Waals surface area contributed by atoms with Crippen molar-refractivity contribution in [3.05, 3.63) is 29.5 Å². The van der Waals surface area contributed by atoms with Crippen LogP contribution < -0.4 is 5.32 Å². The molecule has 2 rings (SSSR count). The first-order valence-electron chi connectivity index (χ1n) is 6.05. The number of esters is 1. The molecule has 6 nitrogen and oxygen atoms in total. The van der Waals surface area contributed by atoms with Crippen LogP contribution in [0.15, 0.2) is 23.8 Å². The Morgan fingerprint density at radius 3 is 3.16 bits per heavy atom. The van der Waals surface area contributed by atoms with E-state index in [1.165, 1.54) is 11.3 Å². The predicted octanol–water partition coefficient (Wildman–Crippen LogP) is 2.02. The summed E-state index contributed by atoms with van der Waals surface area (Å²) in [5.74, 6) is -0.383. The van der Waals surface area contributed by atoms with Gasteiger partial charge in [0.2, 0.25) is 0 Å². The molecule has 1 unspecified atom stereocenters. The van der Waals surface area contributed by atoms with Crippen LogP contribution in [0.1, 0.15) is 24.3 Å². The molecule has 0 fully saturated rings. The number of carbonyl (C=O) groups excluding carboxylic acids is 1. The highest BCUT2D eigenvalue weighted by molar-refractivity contribution is 7.13. The number of rotatable bonds is 6. The second kappa shape index (κ2) is 6.33. The van der Waals surface area contributed by atoms with Gasteiger partial charge in [-0.15, -0.1) is 11.3 Å². The Hall–Kier alpha value is -1.89. The first-order chi connectivity index (χ1) is 9.19. The zero-order valence-electron chi connectivity index (χ0n) is 10.9. The number of thiazole rings is 1. The van der Waals surface area contributed by atoms with E-state index >= 15 is 0 Å². The number of ether oxygens (including phenoxy) is 1. The summed E-state index contributed by atoms with van der Waals surface area (Å²) in [6.07, 6.45) is 3.65. The van der Waals surface area contributed by atoms with E-state index in [0.717, 1.165) is 6.54 Å². The molecule has 0 bridgehead atoms. The number of carbonyl (C=O) groups is 1. The second-order valence-corrected chi connectivity index (χ2v) is 4.89. The van der Waals surface area contributed by atoms with E-state index in [2.05, 4.69) is 15.4 Å². The van der Waals surface area contributed by atoms with E-state index in [1.54, 1.807) is 18.5 Å². The summed E-state index contributed by atoms with van der Waals surface area (Å²) in [4.78, 5) is 15.7. The number of hydrogen-bond donors (Lipinski definition) is 1. The van der Waals surface area contributed by atoms with Crippen molar-refractivity contribution in [1.82, 2.24) is 14.8 Å². The first kappa shape index (κ1) is 13.5. The molecule has 0 aliphatic carbocycles. The highest BCUT2D eigenvalue weighted by Gasteiger charge is 2.12. The van der Waals surface area contributed by atoms with Crippen LogP contribution in [0.25, 0.3) is 0 Å². The van der Waals surface area contributed by atoms with E-state index in [9.17, 15) is 4.79 Å². The van der Waals surface area contributed by atoms with Crippen LogP contribution in [0.3, 0.4) is 0 Å². The van der Waals surface area contributed by atoms with Gasteiger partial charge in [-0.2, -0.15) is 5.10 Å². The molecular weight excluding hydrogens is 264 g/mol. The standard InChI is InChI=1S/C12H16N4O2S/c1-3-18-11(17)10-8-19-12(15-10)14-9(2)7-16-6-4-5-13-16/h4-6,8-9H,3,7H2,1-2H3,(H,14,15). The lowest BCUT2D eigenvalue weighted by Crippen LogP contribution is -2.22. The first-order valence-corrected chi connectivity index (χ1v) is 6.93. The minimum atomic E-state index is -0.383. The summed E-state index contributed by atoms with van der Waals surface area (Å²) in [6.45, 7) is 4.90. The van der Waals surface area contributed by atoms with Gasteiger partial charge in [-0.05, 0) is 19.9 Å². The fourth-order valence-electron chi connectivity index (χ4n) is 1.58. The molecule has 0 aliphatic heterocycles. The van der Waals surface area contributed by atoms with Crippen LogP contribution in [-0.4, -0.2) is 33.4 Å². The van der Waals surface area contributed by atoms with E-state index in [4.69, 9.17) is 4.74 Å². The van der Waals surface area contributed by atoms with E-state index in [0.29, 0.717) is 17.4 Å². The SMILES string of the molecule is CCOC(=O)c1csc(NC(C)Cn2cccn2)n1. The molecule has 2 aromatic heterocycles. The summed E-state index contributed by atoms with van der Waals surface area (Å²) < 4.78 is 6.74. The molecular formula is C12H16N4O2S. The average molecular weight is 280 g/mol.